The zero-order chi connectivity index (χ0) is 18.0. The smallest absolute Gasteiger partial charge is 0.315 e. The van der Waals surface area contributed by atoms with Crippen LogP contribution < -0.4 is 10.6 Å². The Balaban J connectivity index is 1.62. The van der Waals surface area contributed by atoms with Gasteiger partial charge >= 0.3 is 6.03 Å². The first kappa shape index (κ1) is 17.7. The number of urea groups is 1. The lowest BCUT2D eigenvalue weighted by Crippen LogP contribution is -2.46. The average molecular weight is 347 g/mol. The van der Waals surface area contributed by atoms with Gasteiger partial charge in [-0.1, -0.05) is 26.0 Å². The van der Waals surface area contributed by atoms with Gasteiger partial charge in [0.1, 0.15) is 5.82 Å². The fourth-order valence-corrected chi connectivity index (χ4v) is 3.89. The lowest BCUT2D eigenvalue weighted by Gasteiger charge is -2.32. The Kier molecular flexibility index (Phi) is 5.25. The van der Waals surface area contributed by atoms with Gasteiger partial charge in [-0.05, 0) is 42.4 Å². The molecule has 1 aromatic carbocycles. The van der Waals surface area contributed by atoms with Gasteiger partial charge in [0.15, 0.2) is 0 Å². The van der Waals surface area contributed by atoms with E-state index in [1.165, 1.54) is 6.07 Å². The zero-order valence-corrected chi connectivity index (χ0v) is 14.8. The monoisotopic (exact) mass is 347 g/mol. The Morgan fingerprint density at radius 3 is 2.84 bits per heavy atom. The van der Waals surface area contributed by atoms with Crippen LogP contribution in [0.5, 0.6) is 0 Å². The minimum atomic E-state index is -0.246. The molecule has 1 heterocycles. The molecule has 1 aliphatic carbocycles. The van der Waals surface area contributed by atoms with Gasteiger partial charge in [-0.15, -0.1) is 0 Å². The zero-order valence-electron chi connectivity index (χ0n) is 14.8. The minimum absolute atomic E-state index is 0.0265. The van der Waals surface area contributed by atoms with Crippen molar-refractivity contribution < 1.29 is 14.0 Å². The van der Waals surface area contributed by atoms with Crippen molar-refractivity contribution in [3.8, 4) is 0 Å². The number of nitrogens with one attached hydrogen (secondary N) is 2. The van der Waals surface area contributed by atoms with Crippen LogP contribution in [-0.2, 0) is 11.2 Å². The molecule has 1 aliphatic heterocycles. The number of hydrogen-bond donors (Lipinski definition) is 2. The Bertz CT molecular complexity index is 664. The maximum atomic E-state index is 14.0. The summed E-state index contributed by atoms with van der Waals surface area (Å²) < 4.78 is 14.0. The maximum absolute atomic E-state index is 14.0. The molecule has 1 fully saturated rings. The second kappa shape index (κ2) is 7.42. The van der Waals surface area contributed by atoms with E-state index < -0.39 is 0 Å². The number of nitrogens with zero attached hydrogens (tertiary/aromatic N) is 1. The van der Waals surface area contributed by atoms with Gasteiger partial charge in [0.25, 0.3) is 0 Å². The quantitative estimate of drug-likeness (QED) is 0.883. The van der Waals surface area contributed by atoms with Gasteiger partial charge in [0.2, 0.25) is 5.91 Å². The van der Waals surface area contributed by atoms with Crippen molar-refractivity contribution in [1.29, 1.82) is 0 Å². The highest BCUT2D eigenvalue weighted by molar-refractivity contribution is 5.77. The van der Waals surface area contributed by atoms with E-state index in [1.807, 2.05) is 13.0 Å². The molecular formula is C19H26FN3O2. The molecule has 3 unspecified atom stereocenters. The lowest BCUT2D eigenvalue weighted by atomic mass is 9.80. The summed E-state index contributed by atoms with van der Waals surface area (Å²) >= 11 is 0. The molecule has 3 amide bonds. The Morgan fingerprint density at radius 2 is 2.08 bits per heavy atom. The Morgan fingerprint density at radius 1 is 1.28 bits per heavy atom. The molecule has 3 atom stereocenters. The predicted octanol–water partition coefficient (Wildman–Crippen LogP) is 2.76. The van der Waals surface area contributed by atoms with E-state index in [0.29, 0.717) is 31.5 Å². The van der Waals surface area contributed by atoms with Gasteiger partial charge in [-0.3, -0.25) is 4.79 Å². The molecule has 0 saturated carbocycles. The largest absolute Gasteiger partial charge is 0.341 e. The normalized spacial score (nSPS) is 25.4. The summed E-state index contributed by atoms with van der Waals surface area (Å²) in [6.07, 6.45) is 2.81. The van der Waals surface area contributed by atoms with Gasteiger partial charge in [0.05, 0.1) is 6.04 Å². The van der Waals surface area contributed by atoms with Crippen LogP contribution in [0.25, 0.3) is 0 Å². The third-order valence-corrected chi connectivity index (χ3v) is 5.37. The molecule has 0 aromatic heterocycles. The molecule has 1 saturated heterocycles. The SMILES string of the molecule is CCC(=O)N1CCC(NC(=O)NC2c3cccc(F)c3CCC2C)C1. The van der Waals surface area contributed by atoms with E-state index in [2.05, 4.69) is 17.6 Å². The first-order chi connectivity index (χ1) is 12.0. The highest BCUT2D eigenvalue weighted by atomic mass is 19.1. The molecule has 136 valence electrons. The molecule has 3 rings (SSSR count). The summed E-state index contributed by atoms with van der Waals surface area (Å²) in [7, 11) is 0. The molecule has 2 aliphatic rings. The van der Waals surface area contributed by atoms with Crippen molar-refractivity contribution in [3.63, 3.8) is 0 Å². The molecule has 5 nitrogen and oxygen atoms in total. The summed E-state index contributed by atoms with van der Waals surface area (Å²) in [6.45, 7) is 5.17. The molecule has 6 heteroatoms. The van der Waals surface area contributed by atoms with Crippen LogP contribution in [0.3, 0.4) is 0 Å². The van der Waals surface area contributed by atoms with Crippen molar-refractivity contribution in [2.24, 2.45) is 5.92 Å². The van der Waals surface area contributed by atoms with Gasteiger partial charge in [-0.2, -0.15) is 0 Å². The predicted molar refractivity (Wildman–Crippen MR) is 93.6 cm³/mol. The van der Waals surface area contributed by atoms with Crippen molar-refractivity contribution in [2.75, 3.05) is 13.1 Å². The molecule has 25 heavy (non-hydrogen) atoms. The van der Waals surface area contributed by atoms with Crippen molar-refractivity contribution in [2.45, 2.75) is 51.6 Å². The topological polar surface area (TPSA) is 61.4 Å². The van der Waals surface area contributed by atoms with E-state index in [0.717, 1.165) is 18.4 Å². The summed E-state index contributed by atoms with van der Waals surface area (Å²) in [6, 6.07) is 4.62. The molecule has 2 N–H and O–H groups in total. The minimum Gasteiger partial charge on any atom is -0.341 e. The summed E-state index contributed by atoms with van der Waals surface area (Å²) in [5.41, 5.74) is 1.59. The molecule has 0 spiro atoms. The molecular weight excluding hydrogens is 321 g/mol. The number of amides is 3. The fraction of sp³-hybridized carbons (Fsp3) is 0.579. The van der Waals surface area contributed by atoms with Gasteiger partial charge < -0.3 is 15.5 Å². The molecule has 0 bridgehead atoms. The van der Waals surface area contributed by atoms with Crippen LogP contribution in [-0.4, -0.2) is 36.0 Å². The Hall–Kier alpha value is -2.11. The third kappa shape index (κ3) is 3.78. The summed E-state index contributed by atoms with van der Waals surface area (Å²) in [5.74, 6) is 0.179. The number of rotatable bonds is 3. The van der Waals surface area contributed by atoms with Crippen LogP contribution in [0, 0.1) is 11.7 Å². The van der Waals surface area contributed by atoms with Gasteiger partial charge in [-0.25, -0.2) is 9.18 Å². The summed E-state index contributed by atoms with van der Waals surface area (Å²) in [4.78, 5) is 26.0. The first-order valence-electron chi connectivity index (χ1n) is 9.11. The number of fused-ring (bicyclic) bond motifs is 1. The second-order valence-electron chi connectivity index (χ2n) is 7.10. The van der Waals surface area contributed by atoms with E-state index in [1.54, 1.807) is 11.0 Å². The van der Waals surface area contributed by atoms with Gasteiger partial charge in [0, 0.05) is 25.6 Å². The van der Waals surface area contributed by atoms with Crippen LogP contribution in [0.15, 0.2) is 18.2 Å². The number of carbonyl (C=O) groups is 2. The van der Waals surface area contributed by atoms with E-state index in [4.69, 9.17) is 0 Å². The number of hydrogen-bond acceptors (Lipinski definition) is 2. The number of carbonyl (C=O) groups excluding carboxylic acids is 2. The van der Waals surface area contributed by atoms with Crippen LogP contribution >= 0.6 is 0 Å². The van der Waals surface area contributed by atoms with E-state index >= 15 is 0 Å². The standard InChI is InChI=1S/C19H26FN3O2/c1-3-17(24)23-10-9-13(11-23)21-19(25)22-18-12(2)7-8-14-15(18)5-4-6-16(14)20/h4-6,12-13,18H,3,7-11H2,1-2H3,(H2,21,22,25). The van der Waals surface area contributed by atoms with Crippen LogP contribution in [0.1, 0.15) is 50.3 Å². The maximum Gasteiger partial charge on any atom is 0.315 e. The highest BCUT2D eigenvalue weighted by Gasteiger charge is 2.31. The summed E-state index contributed by atoms with van der Waals surface area (Å²) in [5, 5.41) is 5.98. The van der Waals surface area contributed by atoms with Crippen molar-refractivity contribution >= 4 is 11.9 Å². The van der Waals surface area contributed by atoms with Crippen molar-refractivity contribution in [3.05, 3.63) is 35.1 Å². The van der Waals surface area contributed by atoms with Crippen molar-refractivity contribution in [1.82, 2.24) is 15.5 Å². The average Bonchev–Trinajstić information content (AvgIpc) is 3.05. The fourth-order valence-electron chi connectivity index (χ4n) is 3.89. The van der Waals surface area contributed by atoms with E-state index in [9.17, 15) is 14.0 Å². The molecule has 0 radical (unpaired) electrons. The van der Waals surface area contributed by atoms with E-state index in [-0.39, 0.29) is 35.8 Å². The third-order valence-electron chi connectivity index (χ3n) is 5.37. The molecule has 1 aromatic rings. The number of halogens is 1. The highest BCUT2D eigenvalue weighted by Crippen LogP contribution is 2.35. The van der Waals surface area contributed by atoms with Crippen LogP contribution in [0.4, 0.5) is 9.18 Å². The Labute approximate surface area is 148 Å². The number of benzene rings is 1. The first-order valence-corrected chi connectivity index (χ1v) is 9.11. The number of likely N-dealkylation sites (tertiary alicyclic amines) is 1. The second-order valence-corrected chi connectivity index (χ2v) is 7.10. The lowest BCUT2D eigenvalue weighted by molar-refractivity contribution is -0.129. The van der Waals surface area contributed by atoms with Crippen LogP contribution in [0.2, 0.25) is 0 Å².